The summed E-state index contributed by atoms with van der Waals surface area (Å²) >= 11 is 3.12. The van der Waals surface area contributed by atoms with Gasteiger partial charge in [-0.25, -0.2) is 4.39 Å². The fourth-order valence-electron chi connectivity index (χ4n) is 2.07. The van der Waals surface area contributed by atoms with Crippen molar-refractivity contribution < 1.29 is 19.0 Å². The first-order valence-electron chi connectivity index (χ1n) is 6.39. The molecule has 1 N–H and O–H groups in total. The van der Waals surface area contributed by atoms with Crippen LogP contribution >= 0.6 is 15.9 Å². The van der Waals surface area contributed by atoms with Crippen LogP contribution in [-0.4, -0.2) is 19.3 Å². The van der Waals surface area contributed by atoms with Gasteiger partial charge in [0, 0.05) is 6.42 Å². The Morgan fingerprint density at radius 3 is 2.43 bits per heavy atom. The molecule has 5 heteroatoms. The van der Waals surface area contributed by atoms with Crippen LogP contribution in [0.3, 0.4) is 0 Å². The van der Waals surface area contributed by atoms with E-state index in [1.807, 2.05) is 12.1 Å². The SMILES string of the molecule is COc1ccc(CC(O)c2ccc(F)c(Br)c2)cc1OC. The van der Waals surface area contributed by atoms with Gasteiger partial charge in [-0.15, -0.1) is 0 Å². The van der Waals surface area contributed by atoms with Crippen LogP contribution < -0.4 is 9.47 Å². The molecule has 0 bridgehead atoms. The van der Waals surface area contributed by atoms with Crippen LogP contribution in [0.1, 0.15) is 17.2 Å². The predicted molar refractivity (Wildman–Crippen MR) is 82.3 cm³/mol. The molecule has 0 amide bonds. The average molecular weight is 355 g/mol. The van der Waals surface area contributed by atoms with Gasteiger partial charge < -0.3 is 14.6 Å². The number of ether oxygens (including phenoxy) is 2. The van der Waals surface area contributed by atoms with Gasteiger partial charge >= 0.3 is 0 Å². The van der Waals surface area contributed by atoms with Gasteiger partial charge in [0.2, 0.25) is 0 Å². The number of aliphatic hydroxyl groups excluding tert-OH is 1. The molecular weight excluding hydrogens is 339 g/mol. The first-order chi connectivity index (χ1) is 10.0. The molecule has 0 radical (unpaired) electrons. The standard InChI is InChI=1S/C16H16BrFO3/c1-20-15-6-3-10(8-16(15)21-2)7-14(19)11-4-5-13(18)12(17)9-11/h3-6,8-9,14,19H,7H2,1-2H3. The Balaban J connectivity index is 2.18. The molecule has 2 aromatic rings. The van der Waals surface area contributed by atoms with Gasteiger partial charge in [-0.3, -0.25) is 0 Å². The van der Waals surface area contributed by atoms with Crippen molar-refractivity contribution in [3.8, 4) is 11.5 Å². The van der Waals surface area contributed by atoms with Gasteiger partial charge in [-0.05, 0) is 51.3 Å². The van der Waals surface area contributed by atoms with Crippen molar-refractivity contribution in [3.63, 3.8) is 0 Å². The first-order valence-corrected chi connectivity index (χ1v) is 7.18. The Morgan fingerprint density at radius 1 is 1.10 bits per heavy atom. The van der Waals surface area contributed by atoms with Crippen molar-refractivity contribution >= 4 is 15.9 Å². The lowest BCUT2D eigenvalue weighted by Crippen LogP contribution is -2.03. The number of aliphatic hydroxyl groups is 1. The van der Waals surface area contributed by atoms with E-state index in [2.05, 4.69) is 15.9 Å². The summed E-state index contributed by atoms with van der Waals surface area (Å²) in [5.41, 5.74) is 1.55. The second-order valence-corrected chi connectivity index (χ2v) is 5.44. The van der Waals surface area contributed by atoms with Crippen LogP contribution in [0.15, 0.2) is 40.9 Å². The number of hydrogen-bond acceptors (Lipinski definition) is 3. The second-order valence-electron chi connectivity index (χ2n) is 4.58. The highest BCUT2D eigenvalue weighted by Gasteiger charge is 2.12. The topological polar surface area (TPSA) is 38.7 Å². The van der Waals surface area contributed by atoms with E-state index in [4.69, 9.17) is 9.47 Å². The van der Waals surface area contributed by atoms with E-state index in [1.165, 1.54) is 6.07 Å². The van der Waals surface area contributed by atoms with Gasteiger partial charge in [0.05, 0.1) is 24.8 Å². The molecule has 1 atom stereocenters. The summed E-state index contributed by atoms with van der Waals surface area (Å²) in [5, 5.41) is 10.3. The summed E-state index contributed by atoms with van der Waals surface area (Å²) in [5.74, 6) is 0.903. The highest BCUT2D eigenvalue weighted by Crippen LogP contribution is 2.30. The van der Waals surface area contributed by atoms with Crippen molar-refractivity contribution in [3.05, 3.63) is 57.8 Å². The molecule has 0 saturated carbocycles. The zero-order chi connectivity index (χ0) is 15.4. The minimum atomic E-state index is -0.722. The second kappa shape index (κ2) is 6.91. The Morgan fingerprint density at radius 2 is 1.81 bits per heavy atom. The lowest BCUT2D eigenvalue weighted by molar-refractivity contribution is 0.178. The van der Waals surface area contributed by atoms with Gasteiger partial charge in [-0.2, -0.15) is 0 Å². The van der Waals surface area contributed by atoms with Gasteiger partial charge in [0.25, 0.3) is 0 Å². The highest BCUT2D eigenvalue weighted by molar-refractivity contribution is 9.10. The summed E-state index contributed by atoms with van der Waals surface area (Å²) in [4.78, 5) is 0. The fourth-order valence-corrected chi connectivity index (χ4v) is 2.46. The third kappa shape index (κ3) is 3.74. The molecule has 0 spiro atoms. The van der Waals surface area contributed by atoms with Gasteiger partial charge in [0.15, 0.2) is 11.5 Å². The molecule has 1 unspecified atom stereocenters. The monoisotopic (exact) mass is 354 g/mol. The summed E-state index contributed by atoms with van der Waals surface area (Å²) < 4.78 is 24.0. The van der Waals surface area contributed by atoms with Crippen LogP contribution in [0.4, 0.5) is 4.39 Å². The molecule has 2 aromatic carbocycles. The highest BCUT2D eigenvalue weighted by atomic mass is 79.9. The summed E-state index contributed by atoms with van der Waals surface area (Å²) in [6, 6.07) is 9.97. The van der Waals surface area contributed by atoms with Crippen molar-refractivity contribution in [2.45, 2.75) is 12.5 Å². The summed E-state index contributed by atoms with van der Waals surface area (Å²) in [6.45, 7) is 0. The summed E-state index contributed by atoms with van der Waals surface area (Å²) in [7, 11) is 3.14. The largest absolute Gasteiger partial charge is 0.493 e. The quantitative estimate of drug-likeness (QED) is 0.885. The van der Waals surface area contributed by atoms with Crippen LogP contribution in [0.2, 0.25) is 0 Å². The van der Waals surface area contributed by atoms with Gasteiger partial charge in [-0.1, -0.05) is 12.1 Å². The number of halogens is 2. The van der Waals surface area contributed by atoms with E-state index in [9.17, 15) is 9.50 Å². The number of methoxy groups -OCH3 is 2. The normalized spacial score (nSPS) is 12.0. The smallest absolute Gasteiger partial charge is 0.160 e. The number of rotatable bonds is 5. The van der Waals surface area contributed by atoms with Crippen molar-refractivity contribution in [2.24, 2.45) is 0 Å². The van der Waals surface area contributed by atoms with E-state index in [0.717, 1.165) is 5.56 Å². The predicted octanol–water partition coefficient (Wildman–Crippen LogP) is 3.88. The molecule has 0 aliphatic rings. The molecule has 0 aromatic heterocycles. The zero-order valence-electron chi connectivity index (χ0n) is 11.8. The van der Waals surface area contributed by atoms with Gasteiger partial charge in [0.1, 0.15) is 5.82 Å². The lowest BCUT2D eigenvalue weighted by Gasteiger charge is -2.14. The van der Waals surface area contributed by atoms with E-state index < -0.39 is 6.10 Å². The molecule has 0 aliphatic heterocycles. The molecular formula is C16H16BrFO3. The minimum absolute atomic E-state index is 0.339. The Labute approximate surface area is 131 Å². The lowest BCUT2D eigenvalue weighted by atomic mass is 10.0. The van der Waals surface area contributed by atoms with E-state index in [-0.39, 0.29) is 5.82 Å². The average Bonchev–Trinajstić information content (AvgIpc) is 2.49. The third-order valence-electron chi connectivity index (χ3n) is 3.21. The summed E-state index contributed by atoms with van der Waals surface area (Å²) in [6.07, 6.45) is -0.321. The number of benzene rings is 2. The first kappa shape index (κ1) is 15.8. The minimum Gasteiger partial charge on any atom is -0.493 e. The Hall–Kier alpha value is -1.59. The maximum absolute atomic E-state index is 13.2. The van der Waals surface area contributed by atoms with Crippen LogP contribution in [-0.2, 0) is 6.42 Å². The molecule has 2 rings (SSSR count). The maximum Gasteiger partial charge on any atom is 0.160 e. The third-order valence-corrected chi connectivity index (χ3v) is 3.81. The zero-order valence-corrected chi connectivity index (χ0v) is 13.4. The Bertz CT molecular complexity index is 631. The fraction of sp³-hybridized carbons (Fsp3) is 0.250. The molecule has 21 heavy (non-hydrogen) atoms. The van der Waals surface area contributed by atoms with Crippen molar-refractivity contribution in [1.82, 2.24) is 0 Å². The molecule has 0 aliphatic carbocycles. The molecule has 0 fully saturated rings. The van der Waals surface area contributed by atoms with E-state index in [1.54, 1.807) is 32.4 Å². The van der Waals surface area contributed by atoms with Crippen LogP contribution in [0, 0.1) is 5.82 Å². The van der Waals surface area contributed by atoms with E-state index in [0.29, 0.717) is 28.0 Å². The van der Waals surface area contributed by atoms with Crippen molar-refractivity contribution in [2.75, 3.05) is 14.2 Å². The van der Waals surface area contributed by atoms with Crippen LogP contribution in [0.5, 0.6) is 11.5 Å². The van der Waals surface area contributed by atoms with Crippen molar-refractivity contribution in [1.29, 1.82) is 0 Å². The molecule has 3 nitrogen and oxygen atoms in total. The molecule has 0 saturated heterocycles. The van der Waals surface area contributed by atoms with Crippen LogP contribution in [0.25, 0.3) is 0 Å². The molecule has 0 heterocycles. The Kier molecular flexibility index (Phi) is 5.20. The number of hydrogen-bond donors (Lipinski definition) is 1. The maximum atomic E-state index is 13.2. The molecule has 112 valence electrons. The van der Waals surface area contributed by atoms with E-state index >= 15 is 0 Å².